The molecule has 4 nitrogen and oxygen atoms in total. The number of fused-ring (bicyclic) bond motifs is 1. The van der Waals surface area contributed by atoms with E-state index in [9.17, 15) is 4.79 Å². The average molecular weight is 375 g/mol. The van der Waals surface area contributed by atoms with Gasteiger partial charge >= 0.3 is 5.97 Å². The highest BCUT2D eigenvalue weighted by molar-refractivity contribution is 6.31. The third kappa shape index (κ3) is 3.61. The van der Waals surface area contributed by atoms with Gasteiger partial charge in [-0.05, 0) is 59.7 Å². The molecule has 0 aliphatic carbocycles. The average Bonchev–Trinajstić information content (AvgIpc) is 2.68. The highest BCUT2D eigenvalue weighted by Crippen LogP contribution is 2.28. The molecule has 4 aromatic rings. The Morgan fingerprint density at radius 2 is 1.56 bits per heavy atom. The number of anilines is 2. The molecular weight excluding hydrogens is 360 g/mol. The lowest BCUT2D eigenvalue weighted by Gasteiger charge is -2.10. The van der Waals surface area contributed by atoms with Gasteiger partial charge in [0.15, 0.2) is 0 Å². The van der Waals surface area contributed by atoms with Gasteiger partial charge < -0.3 is 10.4 Å². The van der Waals surface area contributed by atoms with Crippen molar-refractivity contribution >= 4 is 39.8 Å². The van der Waals surface area contributed by atoms with E-state index in [1.165, 1.54) is 0 Å². The second kappa shape index (κ2) is 7.09. The molecule has 132 valence electrons. The zero-order valence-electron chi connectivity index (χ0n) is 14.2. The van der Waals surface area contributed by atoms with Crippen molar-refractivity contribution in [2.24, 2.45) is 0 Å². The van der Waals surface area contributed by atoms with Crippen molar-refractivity contribution in [2.45, 2.75) is 0 Å². The van der Waals surface area contributed by atoms with Crippen molar-refractivity contribution in [3.05, 3.63) is 89.6 Å². The third-order valence-electron chi connectivity index (χ3n) is 4.33. The summed E-state index contributed by atoms with van der Waals surface area (Å²) >= 11 is 6.04. The Hall–Kier alpha value is -3.37. The quantitative estimate of drug-likeness (QED) is 0.460. The monoisotopic (exact) mass is 374 g/mol. The Morgan fingerprint density at radius 3 is 2.22 bits per heavy atom. The first-order chi connectivity index (χ1) is 13.1. The Morgan fingerprint density at radius 1 is 0.889 bits per heavy atom. The normalized spacial score (nSPS) is 10.7. The Bertz CT molecular complexity index is 1120. The number of aromatic carboxylic acids is 1. The van der Waals surface area contributed by atoms with Crippen LogP contribution >= 0.6 is 11.6 Å². The molecule has 1 aromatic heterocycles. The van der Waals surface area contributed by atoms with Gasteiger partial charge in [0.1, 0.15) is 0 Å². The number of hydrogen-bond acceptors (Lipinski definition) is 3. The van der Waals surface area contributed by atoms with Crippen LogP contribution in [0, 0.1) is 0 Å². The Balaban J connectivity index is 1.59. The van der Waals surface area contributed by atoms with Crippen LogP contribution in [0.1, 0.15) is 10.4 Å². The summed E-state index contributed by atoms with van der Waals surface area (Å²) in [5.41, 5.74) is 5.00. The van der Waals surface area contributed by atoms with Gasteiger partial charge in [-0.3, -0.25) is 4.98 Å². The molecule has 2 N–H and O–H groups in total. The van der Waals surface area contributed by atoms with Gasteiger partial charge in [-0.2, -0.15) is 0 Å². The van der Waals surface area contributed by atoms with Crippen LogP contribution < -0.4 is 5.32 Å². The predicted octanol–water partition coefficient (Wildman–Crippen LogP) is 6.00. The highest BCUT2D eigenvalue weighted by atomic mass is 35.5. The summed E-state index contributed by atoms with van der Waals surface area (Å²) in [6.07, 6.45) is 1.75. The number of pyridine rings is 1. The zero-order valence-corrected chi connectivity index (χ0v) is 14.9. The Kier molecular flexibility index (Phi) is 4.48. The minimum absolute atomic E-state index is 0.279. The molecule has 0 spiro atoms. The number of benzene rings is 3. The summed E-state index contributed by atoms with van der Waals surface area (Å²) in [7, 11) is 0. The topological polar surface area (TPSA) is 62.2 Å². The second-order valence-corrected chi connectivity index (χ2v) is 6.54. The van der Waals surface area contributed by atoms with Crippen molar-refractivity contribution < 1.29 is 9.90 Å². The molecule has 0 atom stereocenters. The van der Waals surface area contributed by atoms with Gasteiger partial charge in [0.25, 0.3) is 0 Å². The molecule has 27 heavy (non-hydrogen) atoms. The number of halogens is 1. The minimum Gasteiger partial charge on any atom is -0.478 e. The van der Waals surface area contributed by atoms with Crippen LogP contribution in [-0.4, -0.2) is 16.1 Å². The van der Waals surface area contributed by atoms with Crippen molar-refractivity contribution in [3.8, 4) is 11.1 Å². The van der Waals surface area contributed by atoms with Crippen molar-refractivity contribution in [3.63, 3.8) is 0 Å². The molecule has 0 saturated carbocycles. The van der Waals surface area contributed by atoms with E-state index in [4.69, 9.17) is 16.7 Å². The predicted molar refractivity (Wildman–Crippen MR) is 109 cm³/mol. The van der Waals surface area contributed by atoms with Gasteiger partial charge in [0.2, 0.25) is 0 Å². The fraction of sp³-hybridized carbons (Fsp3) is 0. The first-order valence-corrected chi connectivity index (χ1v) is 8.73. The molecule has 0 radical (unpaired) electrons. The van der Waals surface area contributed by atoms with E-state index >= 15 is 0 Å². The van der Waals surface area contributed by atoms with Crippen LogP contribution in [0.25, 0.3) is 22.0 Å². The van der Waals surface area contributed by atoms with Crippen molar-refractivity contribution in [1.82, 2.24) is 4.98 Å². The first-order valence-electron chi connectivity index (χ1n) is 8.35. The standard InChI is InChI=1S/C22H15ClN2O2/c23-17-7-10-19-20(11-12-24-21(19)13-17)25-18-8-5-15(6-9-18)14-1-3-16(4-2-14)22(26)27/h1-13H,(H,24,25)(H,26,27). The third-order valence-corrected chi connectivity index (χ3v) is 4.57. The zero-order chi connectivity index (χ0) is 18.8. The molecule has 0 bridgehead atoms. The molecule has 0 unspecified atom stereocenters. The smallest absolute Gasteiger partial charge is 0.335 e. The fourth-order valence-electron chi connectivity index (χ4n) is 2.94. The van der Waals surface area contributed by atoms with Gasteiger partial charge in [-0.25, -0.2) is 4.79 Å². The molecule has 5 heteroatoms. The van der Waals surface area contributed by atoms with Gasteiger partial charge in [-0.15, -0.1) is 0 Å². The number of aromatic nitrogens is 1. The van der Waals surface area contributed by atoms with Gasteiger partial charge in [0, 0.05) is 28.0 Å². The molecule has 4 rings (SSSR count). The number of rotatable bonds is 4. The van der Waals surface area contributed by atoms with Crippen LogP contribution in [0.5, 0.6) is 0 Å². The lowest BCUT2D eigenvalue weighted by Crippen LogP contribution is -1.95. The van der Waals surface area contributed by atoms with Crippen LogP contribution in [-0.2, 0) is 0 Å². The molecule has 0 aliphatic rings. The summed E-state index contributed by atoms with van der Waals surface area (Å²) in [6.45, 7) is 0. The highest BCUT2D eigenvalue weighted by Gasteiger charge is 2.05. The summed E-state index contributed by atoms with van der Waals surface area (Å²) in [5, 5.41) is 14.1. The molecule has 3 aromatic carbocycles. The lowest BCUT2D eigenvalue weighted by molar-refractivity contribution is 0.0697. The number of nitrogens with zero attached hydrogens (tertiary/aromatic N) is 1. The maximum Gasteiger partial charge on any atom is 0.335 e. The van der Waals surface area contributed by atoms with E-state index in [2.05, 4.69) is 10.3 Å². The number of carbonyl (C=O) groups is 1. The first kappa shape index (κ1) is 17.1. The summed E-state index contributed by atoms with van der Waals surface area (Å²) in [5.74, 6) is -0.924. The summed E-state index contributed by atoms with van der Waals surface area (Å²) in [4.78, 5) is 15.3. The fourth-order valence-corrected chi connectivity index (χ4v) is 3.10. The maximum atomic E-state index is 11.0. The largest absolute Gasteiger partial charge is 0.478 e. The number of carboxylic acid groups (broad SMARTS) is 1. The summed E-state index contributed by atoms with van der Waals surface area (Å²) < 4.78 is 0. The minimum atomic E-state index is -0.924. The molecule has 0 saturated heterocycles. The molecule has 0 fully saturated rings. The van der Waals surface area contributed by atoms with E-state index < -0.39 is 5.97 Å². The van der Waals surface area contributed by atoms with Crippen molar-refractivity contribution in [2.75, 3.05) is 5.32 Å². The van der Waals surface area contributed by atoms with E-state index in [0.717, 1.165) is 33.4 Å². The van der Waals surface area contributed by atoms with Crippen LogP contribution in [0.4, 0.5) is 11.4 Å². The van der Waals surface area contributed by atoms with E-state index in [1.54, 1.807) is 18.3 Å². The number of carboxylic acids is 1. The molecule has 0 aliphatic heterocycles. The maximum absolute atomic E-state index is 11.0. The Labute approximate surface area is 161 Å². The lowest BCUT2D eigenvalue weighted by atomic mass is 10.0. The van der Waals surface area contributed by atoms with Crippen LogP contribution in [0.15, 0.2) is 79.0 Å². The van der Waals surface area contributed by atoms with E-state index in [-0.39, 0.29) is 5.56 Å². The van der Waals surface area contributed by atoms with Gasteiger partial charge in [0.05, 0.1) is 11.1 Å². The molecular formula is C22H15ClN2O2. The van der Waals surface area contributed by atoms with E-state index in [1.807, 2.05) is 60.7 Å². The number of hydrogen-bond donors (Lipinski definition) is 2. The van der Waals surface area contributed by atoms with Crippen LogP contribution in [0.2, 0.25) is 5.02 Å². The van der Waals surface area contributed by atoms with Crippen molar-refractivity contribution in [1.29, 1.82) is 0 Å². The van der Waals surface area contributed by atoms with Crippen LogP contribution in [0.3, 0.4) is 0 Å². The summed E-state index contributed by atoms with van der Waals surface area (Å²) in [6, 6.07) is 22.4. The number of nitrogens with one attached hydrogen (secondary N) is 1. The van der Waals surface area contributed by atoms with Gasteiger partial charge in [-0.1, -0.05) is 35.9 Å². The molecule has 1 heterocycles. The van der Waals surface area contributed by atoms with E-state index in [0.29, 0.717) is 5.02 Å². The molecule has 0 amide bonds. The second-order valence-electron chi connectivity index (χ2n) is 6.10. The SMILES string of the molecule is O=C(O)c1ccc(-c2ccc(Nc3ccnc4cc(Cl)ccc34)cc2)cc1.